The summed E-state index contributed by atoms with van der Waals surface area (Å²) in [7, 11) is 1.52. The molecule has 1 fully saturated rings. The van der Waals surface area contributed by atoms with Gasteiger partial charge in [-0.25, -0.2) is 0 Å². The molecule has 0 bridgehead atoms. The average molecular weight is 287 g/mol. The van der Waals surface area contributed by atoms with Gasteiger partial charge >= 0.3 is 0 Å². The minimum atomic E-state index is -0.239. The third-order valence-electron chi connectivity index (χ3n) is 3.94. The van der Waals surface area contributed by atoms with Crippen LogP contribution in [0.15, 0.2) is 22.6 Å². The number of ether oxygens (including phenoxy) is 1. The van der Waals surface area contributed by atoms with Crippen LogP contribution < -0.4 is 10.1 Å². The lowest BCUT2D eigenvalue weighted by atomic mass is 10.1. The van der Waals surface area contributed by atoms with Crippen molar-refractivity contribution >= 4 is 23.2 Å². The van der Waals surface area contributed by atoms with E-state index in [1.165, 1.54) is 7.11 Å². The van der Waals surface area contributed by atoms with Gasteiger partial charge in [0.25, 0.3) is 5.91 Å². The molecule has 5 nitrogen and oxygen atoms in total. The lowest BCUT2D eigenvalue weighted by molar-refractivity contribution is 0.0911. The summed E-state index contributed by atoms with van der Waals surface area (Å²) >= 11 is 0. The van der Waals surface area contributed by atoms with Crippen molar-refractivity contribution in [1.82, 2.24) is 5.32 Å². The Bertz CT molecular complexity index is 683. The van der Waals surface area contributed by atoms with Gasteiger partial charge in [0.05, 0.1) is 7.11 Å². The minimum absolute atomic E-state index is 0.212. The summed E-state index contributed by atoms with van der Waals surface area (Å²) in [6.07, 6.45) is 5.06. The number of hydrogen-bond acceptors (Lipinski definition) is 4. The van der Waals surface area contributed by atoms with Crippen LogP contribution in [0.1, 0.15) is 46.6 Å². The summed E-state index contributed by atoms with van der Waals surface area (Å²) in [6, 6.07) is 5.14. The van der Waals surface area contributed by atoms with Gasteiger partial charge in [0.2, 0.25) is 0 Å². The molecule has 5 heteroatoms. The number of amides is 1. The second-order valence-electron chi connectivity index (χ2n) is 5.28. The quantitative estimate of drug-likeness (QED) is 0.878. The molecule has 0 aliphatic heterocycles. The van der Waals surface area contributed by atoms with Gasteiger partial charge in [-0.2, -0.15) is 0 Å². The monoisotopic (exact) mass is 287 g/mol. The van der Waals surface area contributed by atoms with Crippen LogP contribution >= 0.6 is 0 Å². The van der Waals surface area contributed by atoms with Gasteiger partial charge in [-0.15, -0.1) is 0 Å². The SMILES string of the molecule is COc1ccc(C=O)c2cc(C(=O)NC3CCCC3)oc12. The summed E-state index contributed by atoms with van der Waals surface area (Å²) < 4.78 is 10.8. The molecule has 0 spiro atoms. The molecular weight excluding hydrogens is 270 g/mol. The molecule has 0 unspecified atom stereocenters. The average Bonchev–Trinajstić information content (AvgIpc) is 3.15. The van der Waals surface area contributed by atoms with E-state index in [2.05, 4.69) is 5.32 Å². The number of rotatable bonds is 4. The van der Waals surface area contributed by atoms with E-state index in [1.807, 2.05) is 0 Å². The fourth-order valence-electron chi connectivity index (χ4n) is 2.82. The molecule has 0 atom stereocenters. The van der Waals surface area contributed by atoms with E-state index in [4.69, 9.17) is 9.15 Å². The second-order valence-corrected chi connectivity index (χ2v) is 5.28. The van der Waals surface area contributed by atoms with Gasteiger partial charge in [0.15, 0.2) is 23.4 Å². The summed E-state index contributed by atoms with van der Waals surface area (Å²) in [6.45, 7) is 0. The number of hydrogen-bond donors (Lipinski definition) is 1. The van der Waals surface area contributed by atoms with Gasteiger partial charge in [-0.05, 0) is 31.0 Å². The molecule has 1 heterocycles. The number of aldehydes is 1. The summed E-state index contributed by atoms with van der Waals surface area (Å²) in [5.41, 5.74) is 0.910. The van der Waals surface area contributed by atoms with E-state index in [0.29, 0.717) is 22.3 Å². The molecule has 110 valence electrons. The van der Waals surface area contributed by atoms with E-state index in [1.54, 1.807) is 18.2 Å². The van der Waals surface area contributed by atoms with Crippen LogP contribution in [-0.4, -0.2) is 25.3 Å². The van der Waals surface area contributed by atoms with Gasteiger partial charge in [0.1, 0.15) is 0 Å². The van der Waals surface area contributed by atoms with Crippen molar-refractivity contribution < 1.29 is 18.7 Å². The molecule has 1 aromatic carbocycles. The third-order valence-corrected chi connectivity index (χ3v) is 3.94. The van der Waals surface area contributed by atoms with E-state index >= 15 is 0 Å². The van der Waals surface area contributed by atoms with Crippen LogP contribution in [0.2, 0.25) is 0 Å². The normalized spacial score (nSPS) is 15.3. The van der Waals surface area contributed by atoms with Gasteiger partial charge in [-0.1, -0.05) is 12.8 Å². The maximum atomic E-state index is 12.2. The number of carbonyl (C=O) groups is 2. The van der Waals surface area contributed by atoms with Crippen LogP contribution in [0, 0.1) is 0 Å². The van der Waals surface area contributed by atoms with Crippen molar-refractivity contribution in [2.45, 2.75) is 31.7 Å². The summed E-state index contributed by atoms with van der Waals surface area (Å²) in [4.78, 5) is 23.3. The Kier molecular flexibility index (Phi) is 3.64. The van der Waals surface area contributed by atoms with E-state index in [-0.39, 0.29) is 17.7 Å². The van der Waals surface area contributed by atoms with Crippen LogP contribution in [-0.2, 0) is 0 Å². The van der Waals surface area contributed by atoms with Crippen molar-refractivity contribution in [3.63, 3.8) is 0 Å². The highest BCUT2D eigenvalue weighted by Crippen LogP contribution is 2.31. The maximum Gasteiger partial charge on any atom is 0.287 e. The van der Waals surface area contributed by atoms with Crippen molar-refractivity contribution in [2.24, 2.45) is 0 Å². The van der Waals surface area contributed by atoms with E-state index < -0.39 is 0 Å². The van der Waals surface area contributed by atoms with Crippen molar-refractivity contribution in [1.29, 1.82) is 0 Å². The van der Waals surface area contributed by atoms with Crippen LogP contribution in [0.5, 0.6) is 5.75 Å². The predicted molar refractivity (Wildman–Crippen MR) is 77.9 cm³/mol. The highest BCUT2D eigenvalue weighted by Gasteiger charge is 2.21. The topological polar surface area (TPSA) is 68.5 Å². The smallest absolute Gasteiger partial charge is 0.287 e. The lowest BCUT2D eigenvalue weighted by Gasteiger charge is -2.09. The van der Waals surface area contributed by atoms with Crippen LogP contribution in [0.4, 0.5) is 0 Å². The Balaban J connectivity index is 1.95. The molecule has 2 aromatic rings. The molecule has 1 aliphatic rings. The lowest BCUT2D eigenvalue weighted by Crippen LogP contribution is -2.32. The third kappa shape index (κ3) is 2.51. The van der Waals surface area contributed by atoms with Crippen molar-refractivity contribution in [3.8, 4) is 5.75 Å². The highest BCUT2D eigenvalue weighted by molar-refractivity contribution is 6.03. The number of furan rings is 1. The van der Waals surface area contributed by atoms with E-state index in [0.717, 1.165) is 32.0 Å². The number of carbonyl (C=O) groups excluding carboxylic acids is 2. The van der Waals surface area contributed by atoms with Crippen molar-refractivity contribution in [2.75, 3.05) is 7.11 Å². The summed E-state index contributed by atoms with van der Waals surface area (Å²) in [5, 5.41) is 3.57. The molecule has 1 amide bonds. The molecular formula is C16H17NO4. The Morgan fingerprint density at radius 2 is 2.14 bits per heavy atom. The zero-order chi connectivity index (χ0) is 14.8. The first kappa shape index (κ1) is 13.7. The van der Waals surface area contributed by atoms with Gasteiger partial charge in [-0.3, -0.25) is 9.59 Å². The Hall–Kier alpha value is -2.30. The Labute approximate surface area is 122 Å². The Morgan fingerprint density at radius 1 is 1.38 bits per heavy atom. The first-order valence-corrected chi connectivity index (χ1v) is 7.09. The first-order chi connectivity index (χ1) is 10.2. The molecule has 3 rings (SSSR count). The van der Waals surface area contributed by atoms with Crippen molar-refractivity contribution in [3.05, 3.63) is 29.5 Å². The van der Waals surface area contributed by atoms with E-state index in [9.17, 15) is 9.59 Å². The fourth-order valence-corrected chi connectivity index (χ4v) is 2.82. The number of fused-ring (bicyclic) bond motifs is 1. The second kappa shape index (κ2) is 5.60. The number of benzene rings is 1. The molecule has 0 radical (unpaired) electrons. The molecule has 1 saturated carbocycles. The predicted octanol–water partition coefficient (Wildman–Crippen LogP) is 2.93. The van der Waals surface area contributed by atoms with Gasteiger partial charge < -0.3 is 14.5 Å². The summed E-state index contributed by atoms with van der Waals surface area (Å²) in [5.74, 6) is 0.483. The number of methoxy groups -OCH3 is 1. The zero-order valence-electron chi connectivity index (χ0n) is 11.8. The molecule has 1 aromatic heterocycles. The highest BCUT2D eigenvalue weighted by atomic mass is 16.5. The molecule has 0 saturated heterocycles. The molecule has 1 N–H and O–H groups in total. The van der Waals surface area contributed by atoms with Crippen LogP contribution in [0.25, 0.3) is 11.0 Å². The van der Waals surface area contributed by atoms with Gasteiger partial charge in [0, 0.05) is 17.0 Å². The Morgan fingerprint density at radius 3 is 2.81 bits per heavy atom. The van der Waals surface area contributed by atoms with Crippen LogP contribution in [0.3, 0.4) is 0 Å². The minimum Gasteiger partial charge on any atom is -0.493 e. The standard InChI is InChI=1S/C16H17NO4/c1-20-13-7-6-10(9-18)12-8-14(21-15(12)13)16(19)17-11-4-2-3-5-11/h6-9,11H,2-5H2,1H3,(H,17,19). The fraction of sp³-hybridized carbons (Fsp3) is 0.375. The maximum absolute atomic E-state index is 12.2. The first-order valence-electron chi connectivity index (χ1n) is 7.09. The largest absolute Gasteiger partial charge is 0.493 e. The number of nitrogens with one attached hydrogen (secondary N) is 1. The molecule has 1 aliphatic carbocycles. The molecule has 21 heavy (non-hydrogen) atoms. The zero-order valence-corrected chi connectivity index (χ0v) is 11.8.